The van der Waals surface area contributed by atoms with Gasteiger partial charge in [0, 0.05) is 37.8 Å². The normalized spacial score (nSPS) is 17.2. The Morgan fingerprint density at radius 2 is 1.44 bits per heavy atom. The van der Waals surface area contributed by atoms with E-state index in [1.165, 1.54) is 38.1 Å². The molecule has 0 aliphatic carbocycles. The van der Waals surface area contributed by atoms with Crippen molar-refractivity contribution < 1.29 is 13.7 Å². The molecule has 0 radical (unpaired) electrons. The van der Waals surface area contributed by atoms with Crippen molar-refractivity contribution in [3.8, 4) is 0 Å². The Balaban J connectivity index is 1.36. The lowest BCUT2D eigenvalue weighted by Crippen LogP contribution is -2.41. The van der Waals surface area contributed by atoms with Crippen LogP contribution in [0.2, 0.25) is 0 Å². The smallest absolute Gasteiger partial charge is 0.455 e. The first kappa shape index (κ1) is 21.7. The molecule has 4 heterocycles. The van der Waals surface area contributed by atoms with Gasteiger partial charge in [-0.25, -0.2) is 0 Å². The van der Waals surface area contributed by atoms with Gasteiger partial charge in [0.25, 0.3) is 0 Å². The van der Waals surface area contributed by atoms with Gasteiger partial charge in [0.15, 0.2) is 0 Å². The van der Waals surface area contributed by atoms with Gasteiger partial charge in [0.1, 0.15) is 11.2 Å². The van der Waals surface area contributed by atoms with Crippen LogP contribution in [0.1, 0.15) is 27.7 Å². The van der Waals surface area contributed by atoms with Gasteiger partial charge in [-0.2, -0.15) is 0 Å². The van der Waals surface area contributed by atoms with Crippen LogP contribution in [0.3, 0.4) is 0 Å². The summed E-state index contributed by atoms with van der Waals surface area (Å²) >= 11 is 0. The van der Waals surface area contributed by atoms with Crippen molar-refractivity contribution in [3.05, 3.63) is 84.9 Å². The van der Waals surface area contributed by atoms with Crippen LogP contribution in [0, 0.1) is 12.1 Å². The molecule has 8 aromatic rings. The van der Waals surface area contributed by atoms with Crippen LogP contribution in [0.4, 0.5) is 0 Å². The number of fused-ring (bicyclic) bond motifs is 12. The number of aromatic nitrogens is 1. The third kappa shape index (κ3) is 2.59. The molecule has 9 rings (SSSR count). The van der Waals surface area contributed by atoms with Gasteiger partial charge in [-0.3, -0.25) is 0 Å². The van der Waals surface area contributed by atoms with Crippen LogP contribution in [-0.2, 0) is 9.31 Å². The predicted molar refractivity (Wildman–Crippen MR) is 159 cm³/mol. The van der Waals surface area contributed by atoms with Crippen LogP contribution in [0.25, 0.3) is 70.8 Å². The van der Waals surface area contributed by atoms with Gasteiger partial charge in [-0.05, 0) is 57.3 Å². The fraction of sp³-hybridized carbons (Fsp3) is 0.176. The van der Waals surface area contributed by atoms with Crippen molar-refractivity contribution >= 4 is 83.4 Å². The van der Waals surface area contributed by atoms with Crippen molar-refractivity contribution in [2.45, 2.75) is 38.9 Å². The minimum Gasteiger partial charge on any atom is -0.455 e. The number of nitrogens with zero attached hydrogens (tertiary/aromatic N) is 1. The summed E-state index contributed by atoms with van der Waals surface area (Å²) in [4.78, 5) is 0. The van der Waals surface area contributed by atoms with Crippen LogP contribution < -0.4 is 5.46 Å². The average Bonchev–Trinajstić information content (AvgIpc) is 3.63. The average molecular weight is 505 g/mol. The molecular formula is C34H24BNO3. The minimum absolute atomic E-state index is 0.424. The first-order chi connectivity index (χ1) is 18.8. The topological polar surface area (TPSA) is 36.0 Å². The first-order valence-electron chi connectivity index (χ1n) is 13.5. The summed E-state index contributed by atoms with van der Waals surface area (Å²) in [6.07, 6.45) is 0. The third-order valence-electron chi connectivity index (χ3n) is 9.18. The number of hydrogen-bond acceptors (Lipinski definition) is 3. The van der Waals surface area contributed by atoms with E-state index in [4.69, 9.17) is 13.7 Å². The van der Waals surface area contributed by atoms with E-state index in [1.807, 2.05) is 6.07 Å². The van der Waals surface area contributed by atoms with Crippen molar-refractivity contribution in [1.29, 1.82) is 0 Å². The largest absolute Gasteiger partial charge is 0.503 e. The van der Waals surface area contributed by atoms with Crippen LogP contribution in [0.15, 0.2) is 77.2 Å². The molecule has 0 saturated carbocycles. The Morgan fingerprint density at radius 3 is 2.28 bits per heavy atom. The zero-order valence-electron chi connectivity index (χ0n) is 22.2. The monoisotopic (exact) mass is 505 g/mol. The summed E-state index contributed by atoms with van der Waals surface area (Å²) < 4.78 is 21.7. The predicted octanol–water partition coefficient (Wildman–Crippen LogP) is 7.79. The highest BCUT2D eigenvalue weighted by molar-refractivity contribution is 6.62. The molecule has 0 amide bonds. The highest BCUT2D eigenvalue weighted by atomic mass is 16.7. The van der Waals surface area contributed by atoms with Crippen LogP contribution >= 0.6 is 0 Å². The van der Waals surface area contributed by atoms with E-state index in [-0.39, 0.29) is 0 Å². The Labute approximate surface area is 225 Å². The maximum absolute atomic E-state index is 6.68. The van der Waals surface area contributed by atoms with E-state index in [0.717, 1.165) is 38.2 Å². The van der Waals surface area contributed by atoms with E-state index in [9.17, 15) is 0 Å². The molecule has 4 nitrogen and oxygen atoms in total. The van der Waals surface area contributed by atoms with Gasteiger partial charge in [0.2, 0.25) is 0 Å². The molecule has 0 unspecified atom stereocenters. The molecule has 3 aromatic heterocycles. The van der Waals surface area contributed by atoms with Gasteiger partial charge < -0.3 is 18.1 Å². The SMILES string of the molecule is CC1(C)OB(c2c#cc3c(c2)oc2c3ccc3ccc4c(c5cccc6c7ccccc7n4c65)c32)OC1(C)C. The molecular weight excluding hydrogens is 481 g/mol. The van der Waals surface area contributed by atoms with Crippen LogP contribution in [-0.4, -0.2) is 22.7 Å². The molecule has 186 valence electrons. The minimum atomic E-state index is -0.512. The van der Waals surface area contributed by atoms with Crippen molar-refractivity contribution in [1.82, 2.24) is 4.40 Å². The molecule has 39 heavy (non-hydrogen) atoms. The standard InChI is InChI=1S/C34H24BNO3/c1-33(2)34(3,4)39-35(38-33)20-14-16-22-24-15-12-19-13-17-27-30(29(19)32(24)37-28(22)18-20)25-10-7-9-23-21-8-5-6-11-26(21)36(27)31(23)25/h5-13,15,17-18H,1-4H3. The van der Waals surface area contributed by atoms with Crippen LogP contribution in [0.5, 0.6) is 0 Å². The maximum atomic E-state index is 6.68. The zero-order valence-corrected chi connectivity index (χ0v) is 22.2. The number of rotatable bonds is 1. The van der Waals surface area contributed by atoms with E-state index >= 15 is 0 Å². The number of benzene rings is 4. The van der Waals surface area contributed by atoms with E-state index in [0.29, 0.717) is 0 Å². The summed E-state index contributed by atoms with van der Waals surface area (Å²) in [5, 5.41) is 9.27. The van der Waals surface area contributed by atoms with Gasteiger partial charge in [-0.1, -0.05) is 60.7 Å². The quantitative estimate of drug-likeness (QED) is 0.214. The Kier molecular flexibility index (Phi) is 3.80. The third-order valence-corrected chi connectivity index (χ3v) is 9.18. The number of para-hydroxylation sites is 2. The van der Waals surface area contributed by atoms with Crippen molar-refractivity contribution in [2.75, 3.05) is 0 Å². The van der Waals surface area contributed by atoms with Gasteiger partial charge in [-0.15, -0.1) is 0 Å². The lowest BCUT2D eigenvalue weighted by molar-refractivity contribution is 0.00578. The first-order valence-corrected chi connectivity index (χ1v) is 13.5. The second-order valence-electron chi connectivity index (χ2n) is 11.8. The molecule has 5 heteroatoms. The second-order valence-corrected chi connectivity index (χ2v) is 11.8. The fourth-order valence-electron chi connectivity index (χ4n) is 6.54. The molecule has 0 spiro atoms. The molecule has 0 N–H and O–H groups in total. The van der Waals surface area contributed by atoms with E-state index in [1.54, 1.807) is 0 Å². The van der Waals surface area contributed by atoms with Crippen molar-refractivity contribution in [3.63, 3.8) is 0 Å². The molecule has 5 aromatic carbocycles. The molecule has 1 fully saturated rings. The van der Waals surface area contributed by atoms with E-state index < -0.39 is 18.3 Å². The zero-order chi connectivity index (χ0) is 26.3. The Hall–Kier alpha value is -4.24. The molecule has 1 aliphatic rings. The lowest BCUT2D eigenvalue weighted by atomic mass is 9.80. The molecule has 0 atom stereocenters. The summed E-state index contributed by atoms with van der Waals surface area (Å²) in [6.45, 7) is 8.23. The maximum Gasteiger partial charge on any atom is 0.503 e. The molecule has 1 aliphatic heterocycles. The highest BCUT2D eigenvalue weighted by Gasteiger charge is 2.52. The summed E-state index contributed by atoms with van der Waals surface area (Å²) in [7, 11) is -0.512. The summed E-state index contributed by atoms with van der Waals surface area (Å²) in [6, 6.07) is 32.8. The summed E-state index contributed by atoms with van der Waals surface area (Å²) in [5.74, 6) is 0. The number of hydrogen-bond donors (Lipinski definition) is 0. The van der Waals surface area contributed by atoms with Gasteiger partial charge >= 0.3 is 7.12 Å². The second kappa shape index (κ2) is 6.85. The van der Waals surface area contributed by atoms with Gasteiger partial charge in [0.05, 0.1) is 33.1 Å². The summed E-state index contributed by atoms with van der Waals surface area (Å²) in [5.41, 5.74) is 5.27. The van der Waals surface area contributed by atoms with E-state index in [2.05, 4.69) is 111 Å². The molecule has 1 saturated heterocycles. The number of furan rings is 1. The Bertz CT molecular complexity index is 2290. The fourth-order valence-corrected chi connectivity index (χ4v) is 6.54. The van der Waals surface area contributed by atoms with Crippen molar-refractivity contribution in [2.24, 2.45) is 0 Å². The lowest BCUT2D eigenvalue weighted by Gasteiger charge is -2.32. The molecule has 0 bridgehead atoms. The Morgan fingerprint density at radius 1 is 0.692 bits per heavy atom. The highest BCUT2D eigenvalue weighted by Crippen LogP contribution is 2.44.